The number of para-hydroxylation sites is 1. The normalized spacial score (nSPS) is 22.7. The summed E-state index contributed by atoms with van der Waals surface area (Å²) in [7, 11) is 1.78. The Morgan fingerprint density at radius 2 is 1.87 bits per heavy atom. The molecule has 7 heteroatoms. The smallest absolute Gasteiger partial charge is 0.221 e. The van der Waals surface area contributed by atoms with Crippen molar-refractivity contribution in [1.29, 1.82) is 0 Å². The van der Waals surface area contributed by atoms with Crippen LogP contribution in [0.4, 0.5) is 0 Å². The molecule has 1 aliphatic heterocycles. The molecule has 0 radical (unpaired) electrons. The van der Waals surface area contributed by atoms with Crippen LogP contribution < -0.4 is 20.7 Å². The van der Waals surface area contributed by atoms with Crippen LogP contribution in [0, 0.1) is 0 Å². The highest BCUT2D eigenvalue weighted by Gasteiger charge is 2.43. The lowest BCUT2D eigenvalue weighted by atomic mass is 9.86. The monoisotopic (exact) mass is 526 g/mol. The van der Waals surface area contributed by atoms with Crippen LogP contribution in [-0.2, 0) is 4.79 Å². The second-order valence-corrected chi connectivity index (χ2v) is 8.73. The zero-order valence-electron chi connectivity index (χ0n) is 17.9. The molecule has 1 aromatic carbocycles. The van der Waals surface area contributed by atoms with E-state index in [0.717, 1.165) is 43.8 Å². The number of carbonyl (C=O) groups excluding carboxylic acids is 1. The summed E-state index contributed by atoms with van der Waals surface area (Å²) in [6.07, 6.45) is 10.8. The van der Waals surface area contributed by atoms with E-state index in [1.54, 1.807) is 7.05 Å². The van der Waals surface area contributed by atoms with E-state index in [2.05, 4.69) is 39.1 Å². The maximum absolute atomic E-state index is 12.2. The minimum absolute atomic E-state index is 0. The molecule has 166 valence electrons. The number of halogens is 1. The van der Waals surface area contributed by atoms with Crippen molar-refractivity contribution in [1.82, 2.24) is 16.0 Å². The molecular formula is C23H35IN4O2. The zero-order valence-corrected chi connectivity index (χ0v) is 20.2. The third-order valence-corrected chi connectivity index (χ3v) is 6.61. The van der Waals surface area contributed by atoms with E-state index in [0.29, 0.717) is 19.0 Å². The Hall–Kier alpha value is -1.51. The Morgan fingerprint density at radius 3 is 2.60 bits per heavy atom. The number of nitrogens with zero attached hydrogens (tertiary/aromatic N) is 1. The third kappa shape index (κ3) is 5.59. The molecule has 1 atom stereocenters. The Balaban J connectivity index is 0.00000256. The van der Waals surface area contributed by atoms with Gasteiger partial charge < -0.3 is 20.7 Å². The van der Waals surface area contributed by atoms with Gasteiger partial charge in [0.2, 0.25) is 5.91 Å². The molecule has 3 aliphatic rings. The first-order chi connectivity index (χ1) is 14.2. The van der Waals surface area contributed by atoms with E-state index < -0.39 is 0 Å². The number of nitrogens with one attached hydrogen (secondary N) is 3. The van der Waals surface area contributed by atoms with Crippen molar-refractivity contribution in [3.8, 4) is 5.75 Å². The molecular weight excluding hydrogens is 491 g/mol. The first-order valence-electron chi connectivity index (χ1n) is 11.2. The summed E-state index contributed by atoms with van der Waals surface area (Å²) >= 11 is 0. The number of benzene rings is 1. The molecule has 1 heterocycles. The molecule has 1 amide bonds. The van der Waals surface area contributed by atoms with Gasteiger partial charge in [-0.05, 0) is 44.6 Å². The van der Waals surface area contributed by atoms with Gasteiger partial charge in [-0.2, -0.15) is 0 Å². The number of aliphatic imine (C=N–C) groups is 1. The summed E-state index contributed by atoms with van der Waals surface area (Å²) in [6.45, 7) is 0.578. The zero-order chi connectivity index (χ0) is 20.1. The molecule has 6 nitrogen and oxygen atoms in total. The molecule has 2 aliphatic carbocycles. The van der Waals surface area contributed by atoms with Gasteiger partial charge in [-0.15, -0.1) is 24.0 Å². The van der Waals surface area contributed by atoms with Crippen LogP contribution in [0.5, 0.6) is 5.75 Å². The summed E-state index contributed by atoms with van der Waals surface area (Å²) in [6, 6.07) is 8.86. The molecule has 0 aromatic heterocycles. The molecule has 1 unspecified atom stereocenters. The molecule has 2 fully saturated rings. The minimum Gasteiger partial charge on any atom is -0.487 e. The van der Waals surface area contributed by atoms with Gasteiger partial charge in [0.25, 0.3) is 0 Å². The molecule has 0 bridgehead atoms. The first-order valence-corrected chi connectivity index (χ1v) is 11.2. The van der Waals surface area contributed by atoms with Crippen LogP contribution in [0.2, 0.25) is 0 Å². The molecule has 30 heavy (non-hydrogen) atoms. The van der Waals surface area contributed by atoms with E-state index in [4.69, 9.17) is 4.74 Å². The molecule has 1 aromatic rings. The topological polar surface area (TPSA) is 74.8 Å². The van der Waals surface area contributed by atoms with Gasteiger partial charge in [0.05, 0.1) is 6.04 Å². The molecule has 2 saturated carbocycles. The Labute approximate surface area is 197 Å². The van der Waals surface area contributed by atoms with Gasteiger partial charge >= 0.3 is 0 Å². The van der Waals surface area contributed by atoms with Crippen molar-refractivity contribution in [2.45, 2.75) is 81.9 Å². The van der Waals surface area contributed by atoms with Crippen molar-refractivity contribution in [2.24, 2.45) is 4.99 Å². The fourth-order valence-corrected chi connectivity index (χ4v) is 5.10. The van der Waals surface area contributed by atoms with Crippen LogP contribution in [-0.4, -0.2) is 37.1 Å². The summed E-state index contributed by atoms with van der Waals surface area (Å²) < 4.78 is 6.45. The van der Waals surface area contributed by atoms with Crippen molar-refractivity contribution in [2.75, 3.05) is 13.6 Å². The maximum atomic E-state index is 12.2. The standard InChI is InChI=1S/C23H34N4O2.HI/c1-24-22(25-15-12-21(28)26-17-8-2-3-9-17)27-19-16-23(13-6-7-14-23)29-20-11-5-4-10-18(19)20;/h4-5,10-11,17,19H,2-3,6-9,12-16H2,1H3,(H,26,28)(H2,24,25,27);1H. The van der Waals surface area contributed by atoms with Gasteiger partial charge in [0, 0.05) is 38.0 Å². The van der Waals surface area contributed by atoms with Crippen molar-refractivity contribution >= 4 is 35.8 Å². The minimum atomic E-state index is -0.0496. The number of ether oxygens (including phenoxy) is 1. The summed E-state index contributed by atoms with van der Waals surface area (Å²) in [5.41, 5.74) is 1.14. The van der Waals surface area contributed by atoms with Crippen LogP contribution in [0.15, 0.2) is 29.3 Å². The van der Waals surface area contributed by atoms with Gasteiger partial charge in [0.1, 0.15) is 11.4 Å². The number of fused-ring (bicyclic) bond motifs is 1. The highest BCUT2D eigenvalue weighted by molar-refractivity contribution is 14.0. The number of rotatable bonds is 5. The van der Waals surface area contributed by atoms with Crippen molar-refractivity contribution in [3.63, 3.8) is 0 Å². The Kier molecular flexibility index (Phi) is 8.25. The van der Waals surface area contributed by atoms with E-state index in [-0.39, 0.29) is 41.5 Å². The number of guanidine groups is 1. The fraction of sp³-hybridized carbons (Fsp3) is 0.652. The lowest BCUT2D eigenvalue weighted by Gasteiger charge is -2.40. The van der Waals surface area contributed by atoms with Crippen LogP contribution in [0.1, 0.15) is 75.8 Å². The van der Waals surface area contributed by atoms with Gasteiger partial charge in [0.15, 0.2) is 5.96 Å². The van der Waals surface area contributed by atoms with Crippen LogP contribution >= 0.6 is 24.0 Å². The summed E-state index contributed by atoms with van der Waals surface area (Å²) in [4.78, 5) is 16.6. The lowest BCUT2D eigenvalue weighted by Crippen LogP contribution is -2.47. The third-order valence-electron chi connectivity index (χ3n) is 6.61. The maximum Gasteiger partial charge on any atom is 0.221 e. The van der Waals surface area contributed by atoms with E-state index in [9.17, 15) is 4.79 Å². The fourth-order valence-electron chi connectivity index (χ4n) is 5.10. The molecule has 4 rings (SSSR count). The summed E-state index contributed by atoms with van der Waals surface area (Å²) in [5, 5.41) is 10.0. The number of amides is 1. The number of carbonyl (C=O) groups is 1. The van der Waals surface area contributed by atoms with Gasteiger partial charge in [-0.3, -0.25) is 9.79 Å². The van der Waals surface area contributed by atoms with Crippen LogP contribution in [0.25, 0.3) is 0 Å². The second-order valence-electron chi connectivity index (χ2n) is 8.73. The number of hydrogen-bond acceptors (Lipinski definition) is 3. The summed E-state index contributed by atoms with van der Waals surface area (Å²) in [5.74, 6) is 1.86. The van der Waals surface area contributed by atoms with E-state index in [1.165, 1.54) is 31.2 Å². The lowest BCUT2D eigenvalue weighted by molar-refractivity contribution is -0.121. The Morgan fingerprint density at radius 1 is 1.13 bits per heavy atom. The van der Waals surface area contributed by atoms with Crippen molar-refractivity contribution < 1.29 is 9.53 Å². The first kappa shape index (κ1) is 23.2. The van der Waals surface area contributed by atoms with Gasteiger partial charge in [-0.25, -0.2) is 0 Å². The van der Waals surface area contributed by atoms with Gasteiger partial charge in [-0.1, -0.05) is 31.0 Å². The molecule has 0 saturated heterocycles. The molecule has 1 spiro atoms. The van der Waals surface area contributed by atoms with Crippen molar-refractivity contribution in [3.05, 3.63) is 29.8 Å². The highest BCUT2D eigenvalue weighted by atomic mass is 127. The highest BCUT2D eigenvalue weighted by Crippen LogP contribution is 2.46. The number of hydrogen-bond donors (Lipinski definition) is 3. The largest absolute Gasteiger partial charge is 0.487 e. The molecule has 3 N–H and O–H groups in total. The quantitative estimate of drug-likeness (QED) is 0.308. The second kappa shape index (κ2) is 10.7. The Bertz CT molecular complexity index is 742. The van der Waals surface area contributed by atoms with E-state index >= 15 is 0 Å². The van der Waals surface area contributed by atoms with Crippen LogP contribution in [0.3, 0.4) is 0 Å². The van der Waals surface area contributed by atoms with E-state index in [1.807, 2.05) is 6.07 Å². The average Bonchev–Trinajstić information content (AvgIpc) is 3.39. The predicted octanol–water partition coefficient (Wildman–Crippen LogP) is 4.05. The predicted molar refractivity (Wildman–Crippen MR) is 131 cm³/mol. The SMILES string of the molecule is CN=C(NCCC(=O)NC1CCCC1)NC1CC2(CCCC2)Oc2ccccc21.I. The average molecular weight is 526 g/mol.